The molecule has 2 aromatic carbocycles. The zero-order chi connectivity index (χ0) is 21.8. The molecule has 2 heterocycles. The minimum atomic E-state index is -0.363. The van der Waals surface area contributed by atoms with Crippen LogP contribution < -0.4 is 5.73 Å². The number of nitrogens with two attached hydrogens (primary N) is 1. The zero-order valence-corrected chi connectivity index (χ0v) is 17.6. The van der Waals surface area contributed by atoms with Gasteiger partial charge in [-0.2, -0.15) is 0 Å². The molecule has 1 aliphatic heterocycles. The number of halogens is 1. The molecule has 3 aromatic rings. The summed E-state index contributed by atoms with van der Waals surface area (Å²) in [5.74, 6) is -0.321. The van der Waals surface area contributed by atoms with Crippen LogP contribution >= 0.6 is 11.8 Å². The molecule has 9 heteroatoms. The number of benzene rings is 2. The summed E-state index contributed by atoms with van der Waals surface area (Å²) in [6, 6.07) is 15.6. The molecule has 2 amide bonds. The number of carbonyl (C=O) groups excluding carboxylic acids is 2. The van der Waals surface area contributed by atoms with Crippen molar-refractivity contribution < 1.29 is 14.0 Å². The average molecular weight is 440 g/mol. The van der Waals surface area contributed by atoms with Crippen LogP contribution in [0.4, 0.5) is 4.39 Å². The van der Waals surface area contributed by atoms with E-state index in [2.05, 4.69) is 10.2 Å². The lowest BCUT2D eigenvalue weighted by Crippen LogP contribution is -2.44. The fourth-order valence-corrected chi connectivity index (χ4v) is 4.47. The molecule has 2 N–H and O–H groups in total. The topological polar surface area (TPSA) is 94.1 Å². The normalized spacial score (nSPS) is 16.3. The second kappa shape index (κ2) is 9.30. The maximum absolute atomic E-state index is 13.4. The van der Waals surface area contributed by atoms with E-state index in [-0.39, 0.29) is 29.3 Å². The highest BCUT2D eigenvalue weighted by Gasteiger charge is 2.27. The molecule has 0 spiro atoms. The lowest BCUT2D eigenvalue weighted by atomic mass is 9.97. The molecule has 1 aromatic heterocycles. The highest BCUT2D eigenvalue weighted by atomic mass is 32.2. The summed E-state index contributed by atoms with van der Waals surface area (Å²) in [6.45, 7) is 0.982. The maximum atomic E-state index is 13.4. The van der Waals surface area contributed by atoms with Gasteiger partial charge in [-0.15, -0.1) is 10.2 Å². The third-order valence-electron chi connectivity index (χ3n) is 5.25. The molecule has 1 atom stereocenters. The molecule has 4 rings (SSSR count). The molecule has 0 saturated carbocycles. The zero-order valence-electron chi connectivity index (χ0n) is 16.8. The third-order valence-corrected chi connectivity index (χ3v) is 6.17. The number of amides is 2. The van der Waals surface area contributed by atoms with Crippen molar-refractivity contribution in [2.45, 2.75) is 18.0 Å². The van der Waals surface area contributed by atoms with E-state index in [0.717, 1.165) is 24.1 Å². The SMILES string of the molecule is NC(=O)C1CCCN(C(=O)CSc2nnc(-c3ccc(F)cc3)n2-c2ccccc2)C1. The fourth-order valence-electron chi connectivity index (χ4n) is 3.61. The Morgan fingerprint density at radius 3 is 2.55 bits per heavy atom. The van der Waals surface area contributed by atoms with Crippen molar-refractivity contribution in [2.24, 2.45) is 11.7 Å². The summed E-state index contributed by atoms with van der Waals surface area (Å²) in [6.07, 6.45) is 1.48. The maximum Gasteiger partial charge on any atom is 0.233 e. The average Bonchev–Trinajstić information content (AvgIpc) is 3.22. The van der Waals surface area contributed by atoms with Gasteiger partial charge in [-0.25, -0.2) is 4.39 Å². The van der Waals surface area contributed by atoms with E-state index in [1.807, 2.05) is 34.9 Å². The Balaban J connectivity index is 1.56. The van der Waals surface area contributed by atoms with Crippen LogP contribution in [0.5, 0.6) is 0 Å². The first-order chi connectivity index (χ1) is 15.0. The first kappa shape index (κ1) is 21.0. The van der Waals surface area contributed by atoms with E-state index in [0.29, 0.717) is 24.1 Å². The number of para-hydroxylation sites is 1. The van der Waals surface area contributed by atoms with E-state index in [1.54, 1.807) is 17.0 Å². The summed E-state index contributed by atoms with van der Waals surface area (Å²) < 4.78 is 15.2. The van der Waals surface area contributed by atoms with Crippen LogP contribution in [0.3, 0.4) is 0 Å². The van der Waals surface area contributed by atoms with E-state index in [4.69, 9.17) is 5.73 Å². The van der Waals surface area contributed by atoms with Gasteiger partial charge in [0.1, 0.15) is 5.82 Å². The van der Waals surface area contributed by atoms with Crippen LogP contribution in [-0.4, -0.2) is 50.3 Å². The molecule has 31 heavy (non-hydrogen) atoms. The number of carbonyl (C=O) groups is 2. The number of thioether (sulfide) groups is 1. The van der Waals surface area contributed by atoms with Gasteiger partial charge in [0, 0.05) is 24.3 Å². The first-order valence-corrected chi connectivity index (χ1v) is 11.0. The molecule has 0 bridgehead atoms. The van der Waals surface area contributed by atoms with Gasteiger partial charge in [0.05, 0.1) is 11.7 Å². The number of rotatable bonds is 6. The Kier molecular flexibility index (Phi) is 6.31. The van der Waals surface area contributed by atoms with Crippen LogP contribution in [-0.2, 0) is 9.59 Å². The first-order valence-electron chi connectivity index (χ1n) is 9.99. The summed E-state index contributed by atoms with van der Waals surface area (Å²) in [5, 5.41) is 9.15. The summed E-state index contributed by atoms with van der Waals surface area (Å²) in [7, 11) is 0. The van der Waals surface area contributed by atoms with Gasteiger partial charge in [-0.1, -0.05) is 30.0 Å². The van der Waals surface area contributed by atoms with Crippen molar-refractivity contribution in [3.05, 3.63) is 60.4 Å². The van der Waals surface area contributed by atoms with Crippen LogP contribution in [0, 0.1) is 11.7 Å². The van der Waals surface area contributed by atoms with Gasteiger partial charge in [0.2, 0.25) is 11.8 Å². The van der Waals surface area contributed by atoms with E-state index in [9.17, 15) is 14.0 Å². The predicted octanol–water partition coefficient (Wildman–Crippen LogP) is 2.89. The van der Waals surface area contributed by atoms with Crippen LogP contribution in [0.2, 0.25) is 0 Å². The Hall–Kier alpha value is -3.20. The van der Waals surface area contributed by atoms with Crippen LogP contribution in [0.1, 0.15) is 12.8 Å². The largest absolute Gasteiger partial charge is 0.369 e. The second-order valence-electron chi connectivity index (χ2n) is 7.35. The number of likely N-dealkylation sites (tertiary alicyclic amines) is 1. The van der Waals surface area contributed by atoms with E-state index >= 15 is 0 Å². The predicted molar refractivity (Wildman–Crippen MR) is 116 cm³/mol. The van der Waals surface area contributed by atoms with Crippen molar-refractivity contribution >= 4 is 23.6 Å². The number of piperidine rings is 1. The number of primary amides is 1. The lowest BCUT2D eigenvalue weighted by molar-refractivity contribution is -0.132. The van der Waals surface area contributed by atoms with Crippen molar-refractivity contribution in [3.63, 3.8) is 0 Å². The highest BCUT2D eigenvalue weighted by molar-refractivity contribution is 7.99. The summed E-state index contributed by atoms with van der Waals surface area (Å²) in [4.78, 5) is 25.9. The van der Waals surface area contributed by atoms with E-state index < -0.39 is 0 Å². The molecule has 0 aliphatic carbocycles. The molecular formula is C22H22FN5O2S. The van der Waals surface area contributed by atoms with Gasteiger partial charge in [-0.05, 0) is 49.2 Å². The Labute approximate surface area is 183 Å². The fraction of sp³-hybridized carbons (Fsp3) is 0.273. The molecule has 1 aliphatic rings. The third kappa shape index (κ3) is 4.77. The van der Waals surface area contributed by atoms with Gasteiger partial charge in [0.25, 0.3) is 0 Å². The molecular weight excluding hydrogens is 417 g/mol. The van der Waals surface area contributed by atoms with Gasteiger partial charge >= 0.3 is 0 Å². The Morgan fingerprint density at radius 1 is 1.10 bits per heavy atom. The van der Waals surface area contributed by atoms with Crippen molar-refractivity contribution in [3.8, 4) is 17.1 Å². The van der Waals surface area contributed by atoms with Crippen LogP contribution in [0.15, 0.2) is 59.8 Å². The van der Waals surface area contributed by atoms with Crippen molar-refractivity contribution in [2.75, 3.05) is 18.8 Å². The number of aromatic nitrogens is 3. The number of hydrogen-bond donors (Lipinski definition) is 1. The second-order valence-corrected chi connectivity index (χ2v) is 8.30. The monoisotopic (exact) mass is 439 g/mol. The molecule has 0 radical (unpaired) electrons. The smallest absolute Gasteiger partial charge is 0.233 e. The lowest BCUT2D eigenvalue weighted by Gasteiger charge is -2.31. The van der Waals surface area contributed by atoms with E-state index in [1.165, 1.54) is 23.9 Å². The molecule has 1 unspecified atom stereocenters. The Bertz CT molecular complexity index is 1070. The van der Waals surface area contributed by atoms with Crippen LogP contribution in [0.25, 0.3) is 17.1 Å². The highest BCUT2D eigenvalue weighted by Crippen LogP contribution is 2.28. The molecule has 1 fully saturated rings. The minimum absolute atomic E-state index is 0.0677. The molecule has 7 nitrogen and oxygen atoms in total. The van der Waals surface area contributed by atoms with Gasteiger partial charge < -0.3 is 10.6 Å². The van der Waals surface area contributed by atoms with Crippen molar-refractivity contribution in [1.82, 2.24) is 19.7 Å². The summed E-state index contributed by atoms with van der Waals surface area (Å²) >= 11 is 1.28. The quantitative estimate of drug-likeness (QED) is 0.596. The Morgan fingerprint density at radius 2 is 1.84 bits per heavy atom. The van der Waals surface area contributed by atoms with Gasteiger partial charge in [-0.3, -0.25) is 14.2 Å². The van der Waals surface area contributed by atoms with Crippen molar-refractivity contribution in [1.29, 1.82) is 0 Å². The number of nitrogens with zero attached hydrogens (tertiary/aromatic N) is 4. The molecule has 160 valence electrons. The minimum Gasteiger partial charge on any atom is -0.369 e. The molecule has 1 saturated heterocycles. The standard InChI is InChI=1S/C22H22FN5O2S/c23-17-10-8-15(9-11-17)21-25-26-22(28(21)18-6-2-1-3-7-18)31-14-19(29)27-12-4-5-16(13-27)20(24)30/h1-3,6-11,16H,4-5,12-14H2,(H2,24,30). The van der Waals surface area contributed by atoms with Gasteiger partial charge in [0.15, 0.2) is 11.0 Å². The number of hydrogen-bond acceptors (Lipinski definition) is 5. The summed E-state index contributed by atoms with van der Waals surface area (Å²) in [5.41, 5.74) is 6.98.